The van der Waals surface area contributed by atoms with Crippen molar-refractivity contribution in [2.75, 3.05) is 46.1 Å². The number of pyridine rings is 1. The third kappa shape index (κ3) is 6.54. The minimum absolute atomic E-state index is 0.0841. The van der Waals surface area contributed by atoms with Gasteiger partial charge < -0.3 is 29.2 Å². The van der Waals surface area contributed by atoms with Gasteiger partial charge in [-0.1, -0.05) is 19.8 Å². The SMILES string of the molecule is CCCCCOCCOCCNC(=O)N1CCCC(n2ccc3cnc(-c4c[nH]c5ncc(F)cc45)nc32)C1. The number of hydrogen-bond donors (Lipinski definition) is 2. The molecule has 10 nitrogen and oxygen atoms in total. The summed E-state index contributed by atoms with van der Waals surface area (Å²) >= 11 is 0. The number of unbranched alkanes of at least 4 members (excludes halogenated alkanes) is 2. The number of rotatable bonds is 12. The van der Waals surface area contributed by atoms with E-state index < -0.39 is 5.82 Å². The fourth-order valence-electron chi connectivity index (χ4n) is 5.01. The summed E-state index contributed by atoms with van der Waals surface area (Å²) in [4.78, 5) is 31.2. The first-order valence-electron chi connectivity index (χ1n) is 13.8. The van der Waals surface area contributed by atoms with E-state index in [0.717, 1.165) is 36.9 Å². The molecule has 1 aliphatic heterocycles. The highest BCUT2D eigenvalue weighted by atomic mass is 19.1. The van der Waals surface area contributed by atoms with Gasteiger partial charge in [0.15, 0.2) is 5.82 Å². The molecule has 4 aromatic rings. The predicted molar refractivity (Wildman–Crippen MR) is 147 cm³/mol. The molecule has 39 heavy (non-hydrogen) atoms. The first-order chi connectivity index (χ1) is 19.1. The number of aromatic amines is 1. The zero-order valence-corrected chi connectivity index (χ0v) is 22.4. The summed E-state index contributed by atoms with van der Waals surface area (Å²) in [7, 11) is 0. The van der Waals surface area contributed by atoms with Crippen LogP contribution in [0.4, 0.5) is 9.18 Å². The molecule has 0 bridgehead atoms. The smallest absolute Gasteiger partial charge is 0.317 e. The Hall–Kier alpha value is -3.57. The summed E-state index contributed by atoms with van der Waals surface area (Å²) in [6, 6.07) is 3.43. The number of likely N-dealkylation sites (tertiary alicyclic amines) is 1. The molecule has 0 saturated carbocycles. The molecule has 1 atom stereocenters. The van der Waals surface area contributed by atoms with E-state index in [2.05, 4.69) is 31.8 Å². The van der Waals surface area contributed by atoms with Crippen LogP contribution in [-0.2, 0) is 9.47 Å². The van der Waals surface area contributed by atoms with Gasteiger partial charge in [-0.2, -0.15) is 0 Å². The van der Waals surface area contributed by atoms with E-state index >= 15 is 0 Å². The standard InChI is InChI=1S/C28H36FN7O3/c1-2-3-4-11-38-13-14-39-12-8-30-28(37)35-9-5-6-22(19-35)36-10-7-20-16-31-26(34-27(20)36)24-18-33-25-23(24)15-21(29)17-32-25/h7,10,15-18,22H,2-6,8-9,11-14,19H2,1H3,(H,30,37)(H,32,33). The molecular weight excluding hydrogens is 501 g/mol. The number of fused-ring (bicyclic) bond motifs is 2. The first kappa shape index (κ1) is 27.0. The van der Waals surface area contributed by atoms with Gasteiger partial charge in [0.05, 0.1) is 32.1 Å². The number of hydrogen-bond acceptors (Lipinski definition) is 6. The number of nitrogens with one attached hydrogen (secondary N) is 2. The Bertz CT molecular complexity index is 1390. The predicted octanol–water partition coefficient (Wildman–Crippen LogP) is 4.68. The fraction of sp³-hybridized carbons (Fsp3) is 0.500. The van der Waals surface area contributed by atoms with Crippen LogP contribution in [0, 0.1) is 5.82 Å². The maximum absolute atomic E-state index is 13.8. The molecule has 5 rings (SSSR count). The number of carbonyl (C=O) groups is 1. The molecule has 1 fully saturated rings. The van der Waals surface area contributed by atoms with E-state index in [1.54, 1.807) is 12.4 Å². The summed E-state index contributed by atoms with van der Waals surface area (Å²) in [5, 5.41) is 4.52. The molecule has 1 aliphatic rings. The number of ether oxygens (including phenoxy) is 2. The molecule has 0 aliphatic carbocycles. The molecule has 208 valence electrons. The van der Waals surface area contributed by atoms with Gasteiger partial charge >= 0.3 is 6.03 Å². The number of amides is 2. The van der Waals surface area contributed by atoms with Crippen molar-refractivity contribution in [3.8, 4) is 11.4 Å². The first-order valence-corrected chi connectivity index (χ1v) is 13.8. The van der Waals surface area contributed by atoms with Crippen molar-refractivity contribution < 1.29 is 18.7 Å². The largest absolute Gasteiger partial charge is 0.379 e. The average molecular weight is 538 g/mol. The van der Waals surface area contributed by atoms with Gasteiger partial charge in [-0.15, -0.1) is 0 Å². The second-order valence-corrected chi connectivity index (χ2v) is 9.85. The fourth-order valence-corrected chi connectivity index (χ4v) is 5.01. The number of halogens is 1. The van der Waals surface area contributed by atoms with Crippen LogP contribution in [0.25, 0.3) is 33.5 Å². The van der Waals surface area contributed by atoms with Crippen molar-refractivity contribution in [1.29, 1.82) is 0 Å². The highest BCUT2D eigenvalue weighted by Gasteiger charge is 2.26. The van der Waals surface area contributed by atoms with E-state index in [-0.39, 0.29) is 12.1 Å². The lowest BCUT2D eigenvalue weighted by molar-refractivity contribution is 0.0475. The van der Waals surface area contributed by atoms with Crippen molar-refractivity contribution in [3.05, 3.63) is 42.7 Å². The summed E-state index contributed by atoms with van der Waals surface area (Å²) in [6.07, 6.45) is 12.0. The van der Waals surface area contributed by atoms with Crippen molar-refractivity contribution >= 4 is 28.1 Å². The van der Waals surface area contributed by atoms with Crippen molar-refractivity contribution in [2.45, 2.75) is 45.1 Å². The van der Waals surface area contributed by atoms with Gasteiger partial charge in [0.1, 0.15) is 17.1 Å². The third-order valence-electron chi connectivity index (χ3n) is 7.06. The lowest BCUT2D eigenvalue weighted by Gasteiger charge is -2.33. The van der Waals surface area contributed by atoms with Gasteiger partial charge in [0.25, 0.3) is 0 Å². The van der Waals surface area contributed by atoms with Crippen LogP contribution in [0.5, 0.6) is 0 Å². The number of aromatic nitrogens is 5. The van der Waals surface area contributed by atoms with Gasteiger partial charge in [-0.25, -0.2) is 24.1 Å². The Morgan fingerprint density at radius 2 is 2.05 bits per heavy atom. The summed E-state index contributed by atoms with van der Waals surface area (Å²) in [5.41, 5.74) is 2.07. The summed E-state index contributed by atoms with van der Waals surface area (Å²) < 4.78 is 27.1. The van der Waals surface area contributed by atoms with Crippen molar-refractivity contribution in [1.82, 2.24) is 34.7 Å². The minimum Gasteiger partial charge on any atom is -0.379 e. The molecule has 5 heterocycles. The quantitative estimate of drug-likeness (QED) is 0.254. The van der Waals surface area contributed by atoms with Gasteiger partial charge in [-0.3, -0.25) is 0 Å². The summed E-state index contributed by atoms with van der Waals surface area (Å²) in [5.74, 6) is 0.0876. The number of piperidine rings is 1. The summed E-state index contributed by atoms with van der Waals surface area (Å²) in [6.45, 7) is 6.26. The van der Waals surface area contributed by atoms with Gasteiger partial charge in [0.2, 0.25) is 0 Å². The Balaban J connectivity index is 1.17. The number of urea groups is 1. The molecule has 0 spiro atoms. The number of nitrogens with zero attached hydrogens (tertiary/aromatic N) is 5. The lowest BCUT2D eigenvalue weighted by atomic mass is 10.1. The van der Waals surface area contributed by atoms with Gasteiger partial charge in [0, 0.05) is 61.2 Å². The van der Waals surface area contributed by atoms with Crippen LogP contribution in [-0.4, -0.2) is 81.5 Å². The van der Waals surface area contributed by atoms with Crippen LogP contribution in [0.15, 0.2) is 36.9 Å². The Labute approximate surface area is 226 Å². The number of carbonyl (C=O) groups excluding carboxylic acids is 1. The Kier molecular flexibility index (Phi) is 9.00. The Morgan fingerprint density at radius 1 is 1.18 bits per heavy atom. The van der Waals surface area contributed by atoms with E-state index in [0.29, 0.717) is 61.9 Å². The number of H-pyrrole nitrogens is 1. The highest BCUT2D eigenvalue weighted by molar-refractivity contribution is 5.92. The van der Waals surface area contributed by atoms with Crippen LogP contribution in [0.2, 0.25) is 0 Å². The maximum Gasteiger partial charge on any atom is 0.317 e. The van der Waals surface area contributed by atoms with E-state index in [4.69, 9.17) is 14.5 Å². The molecule has 0 aromatic carbocycles. The van der Waals surface area contributed by atoms with E-state index in [1.165, 1.54) is 25.1 Å². The van der Waals surface area contributed by atoms with Crippen LogP contribution < -0.4 is 5.32 Å². The topological polar surface area (TPSA) is 110 Å². The van der Waals surface area contributed by atoms with Gasteiger partial charge in [-0.05, 0) is 31.4 Å². The minimum atomic E-state index is -0.410. The highest BCUT2D eigenvalue weighted by Crippen LogP contribution is 2.29. The molecular formula is C28H36FN7O3. The molecule has 2 N–H and O–H groups in total. The van der Waals surface area contributed by atoms with Crippen LogP contribution in [0.1, 0.15) is 45.1 Å². The molecule has 1 saturated heterocycles. The zero-order valence-electron chi connectivity index (χ0n) is 22.4. The second kappa shape index (κ2) is 13.0. The van der Waals surface area contributed by atoms with E-state index in [1.807, 2.05) is 17.2 Å². The average Bonchev–Trinajstić information content (AvgIpc) is 3.57. The van der Waals surface area contributed by atoms with E-state index in [9.17, 15) is 9.18 Å². The van der Waals surface area contributed by atoms with Crippen LogP contribution in [0.3, 0.4) is 0 Å². The monoisotopic (exact) mass is 537 g/mol. The Morgan fingerprint density at radius 3 is 2.92 bits per heavy atom. The van der Waals surface area contributed by atoms with Crippen molar-refractivity contribution in [3.63, 3.8) is 0 Å². The maximum atomic E-state index is 13.8. The second-order valence-electron chi connectivity index (χ2n) is 9.85. The molecule has 4 aromatic heterocycles. The molecule has 0 radical (unpaired) electrons. The zero-order chi connectivity index (χ0) is 27.0. The lowest BCUT2D eigenvalue weighted by Crippen LogP contribution is -2.46. The normalized spacial score (nSPS) is 15.8. The molecule has 11 heteroatoms. The van der Waals surface area contributed by atoms with Crippen molar-refractivity contribution in [2.24, 2.45) is 0 Å². The third-order valence-corrected chi connectivity index (χ3v) is 7.06. The molecule has 2 amide bonds. The van der Waals surface area contributed by atoms with Crippen LogP contribution >= 0.6 is 0 Å². The molecule has 1 unspecified atom stereocenters.